The van der Waals surface area contributed by atoms with Crippen molar-refractivity contribution >= 4 is 45.6 Å². The van der Waals surface area contributed by atoms with Gasteiger partial charge in [0.15, 0.2) is 5.01 Å². The molecule has 3 aliphatic rings. The van der Waals surface area contributed by atoms with Crippen LogP contribution in [0.2, 0.25) is 0 Å². The molecule has 0 aromatic carbocycles. The summed E-state index contributed by atoms with van der Waals surface area (Å²) in [4.78, 5) is 36.1. The molecule has 0 radical (unpaired) electrons. The lowest BCUT2D eigenvalue weighted by atomic mass is 9.90. The Hall–Kier alpha value is -5.04. The van der Waals surface area contributed by atoms with E-state index < -0.39 is 17.7 Å². The molecule has 3 unspecified atom stereocenters. The number of nitrogens with zero attached hydrogens (tertiary/aromatic N) is 8. The number of aromatic nitrogens is 6. The molecule has 1 saturated heterocycles. The summed E-state index contributed by atoms with van der Waals surface area (Å²) in [6, 6.07) is 7.64. The van der Waals surface area contributed by atoms with E-state index in [0.29, 0.717) is 34.2 Å². The molecule has 5 heterocycles. The Morgan fingerprint density at radius 2 is 1.77 bits per heavy atom. The van der Waals surface area contributed by atoms with Crippen molar-refractivity contribution in [3.63, 3.8) is 0 Å². The highest BCUT2D eigenvalue weighted by Crippen LogP contribution is 2.41. The predicted molar refractivity (Wildman–Crippen MR) is 199 cm³/mol. The van der Waals surface area contributed by atoms with Crippen molar-refractivity contribution in [1.82, 2.24) is 40.4 Å². The molecule has 4 aromatic rings. The van der Waals surface area contributed by atoms with E-state index in [2.05, 4.69) is 47.4 Å². The first-order chi connectivity index (χ1) is 24.9. The van der Waals surface area contributed by atoms with E-state index >= 15 is 0 Å². The van der Waals surface area contributed by atoms with Gasteiger partial charge in [-0.2, -0.15) is 5.26 Å². The summed E-state index contributed by atoms with van der Waals surface area (Å²) in [5.74, 6) is 1.24. The number of alkyl carbamates (subject to hydrolysis) is 1. The molecule has 4 N–H and O–H groups in total. The van der Waals surface area contributed by atoms with Gasteiger partial charge in [0.05, 0.1) is 40.8 Å². The van der Waals surface area contributed by atoms with Gasteiger partial charge < -0.3 is 30.9 Å². The SMILES string of the molecule is CC(=O)NC1[C@@H]2CC[C@H]1CN(c1nnc(-c3cnc(-c4ccc5cnc(NC6CCCCC6NC(=O)OC(C)(C)C)nn45)cc3N[C@H](C)C#N)s1)C2. The molecule has 2 bridgehead atoms. The zero-order chi connectivity index (χ0) is 36.6. The van der Waals surface area contributed by atoms with Crippen molar-refractivity contribution in [3.05, 3.63) is 30.6 Å². The number of hydrogen-bond acceptors (Lipinski definition) is 13. The number of fused-ring (bicyclic) bond motifs is 3. The third kappa shape index (κ3) is 7.74. The fourth-order valence-electron chi connectivity index (χ4n) is 7.72. The van der Waals surface area contributed by atoms with Gasteiger partial charge in [-0.1, -0.05) is 24.2 Å². The Balaban J connectivity index is 1.12. The molecule has 3 fully saturated rings. The minimum absolute atomic E-state index is 0.0242. The van der Waals surface area contributed by atoms with Crippen molar-refractivity contribution in [2.24, 2.45) is 11.8 Å². The fraction of sp³-hybridized carbons (Fsp3) is 0.556. The molecular formula is C36H46N12O3S. The van der Waals surface area contributed by atoms with E-state index in [1.165, 1.54) is 11.3 Å². The van der Waals surface area contributed by atoms with Gasteiger partial charge in [0.1, 0.15) is 11.6 Å². The fourth-order valence-corrected chi connectivity index (χ4v) is 8.60. The number of ether oxygens (including phenoxy) is 1. The molecule has 7 rings (SSSR count). The quantitative estimate of drug-likeness (QED) is 0.176. The zero-order valence-corrected chi connectivity index (χ0v) is 31.0. The van der Waals surface area contributed by atoms with E-state index in [-0.39, 0.29) is 24.0 Å². The van der Waals surface area contributed by atoms with Gasteiger partial charge in [-0.15, -0.1) is 15.3 Å². The highest BCUT2D eigenvalue weighted by Gasteiger charge is 2.43. The Labute approximate surface area is 307 Å². The summed E-state index contributed by atoms with van der Waals surface area (Å²) in [7, 11) is 0. The standard InChI is InChI=1S/C36H46N12O3S/c1-20(15-37)40-28-14-29(38-17-25(28)32-44-45-34(52-32)47-18-22-10-11-23(19-47)31(22)41-21(2)49)30-13-12-24-16-39-33(46-48(24)30)42-26-8-6-7-9-27(26)43-35(50)51-36(3,4)5/h12-14,16-17,20,22-23,26-27,31H,6-11,18-19H2,1-5H3,(H,38,40)(H,41,49)(H,42,46)(H,43,50)/t20-,22-,23+,26?,27?,31?/m1/s1. The smallest absolute Gasteiger partial charge is 0.407 e. The van der Waals surface area contributed by atoms with Gasteiger partial charge in [-0.25, -0.2) is 14.3 Å². The third-order valence-electron chi connectivity index (χ3n) is 10.0. The molecule has 274 valence electrons. The number of anilines is 3. The molecule has 2 amide bonds. The van der Waals surface area contributed by atoms with Crippen LogP contribution in [0.3, 0.4) is 0 Å². The van der Waals surface area contributed by atoms with Crippen molar-refractivity contribution in [2.75, 3.05) is 28.6 Å². The highest BCUT2D eigenvalue weighted by atomic mass is 32.1. The second kappa shape index (κ2) is 14.5. The summed E-state index contributed by atoms with van der Waals surface area (Å²) in [6.45, 7) is 10.6. The number of pyridine rings is 1. The second-order valence-electron chi connectivity index (χ2n) is 15.2. The zero-order valence-electron chi connectivity index (χ0n) is 30.2. The maximum Gasteiger partial charge on any atom is 0.407 e. The van der Waals surface area contributed by atoms with E-state index in [9.17, 15) is 14.9 Å². The predicted octanol–water partition coefficient (Wildman–Crippen LogP) is 5.23. The molecule has 2 aliphatic carbocycles. The van der Waals surface area contributed by atoms with Crippen LogP contribution in [0.5, 0.6) is 0 Å². The second-order valence-corrected chi connectivity index (χ2v) is 16.1. The minimum Gasteiger partial charge on any atom is -0.444 e. The van der Waals surface area contributed by atoms with Crippen LogP contribution in [0.15, 0.2) is 30.6 Å². The van der Waals surface area contributed by atoms with E-state index in [0.717, 1.165) is 73.5 Å². The van der Waals surface area contributed by atoms with Crippen molar-refractivity contribution in [2.45, 2.75) is 103 Å². The lowest BCUT2D eigenvalue weighted by Gasteiger charge is -2.37. The van der Waals surface area contributed by atoms with Crippen molar-refractivity contribution in [1.29, 1.82) is 5.26 Å². The molecule has 15 nitrogen and oxygen atoms in total. The van der Waals surface area contributed by atoms with Crippen LogP contribution in [-0.2, 0) is 9.53 Å². The van der Waals surface area contributed by atoms with Gasteiger partial charge in [-0.05, 0) is 83.4 Å². The molecule has 2 saturated carbocycles. The van der Waals surface area contributed by atoms with Crippen LogP contribution in [0.4, 0.5) is 21.6 Å². The van der Waals surface area contributed by atoms with Crippen molar-refractivity contribution < 1.29 is 14.3 Å². The van der Waals surface area contributed by atoms with Crippen LogP contribution in [-0.4, -0.2) is 84.6 Å². The van der Waals surface area contributed by atoms with Gasteiger partial charge >= 0.3 is 6.09 Å². The lowest BCUT2D eigenvalue weighted by molar-refractivity contribution is -0.120. The Kier molecular flexibility index (Phi) is 9.88. The summed E-state index contributed by atoms with van der Waals surface area (Å²) >= 11 is 1.50. The molecular weight excluding hydrogens is 681 g/mol. The number of hydrogen-bond donors (Lipinski definition) is 4. The Morgan fingerprint density at radius 1 is 1.02 bits per heavy atom. The summed E-state index contributed by atoms with van der Waals surface area (Å²) in [5.41, 5.74) is 3.09. The number of carbonyl (C=O) groups excluding carboxylic acids is 2. The first kappa shape index (κ1) is 35.4. The number of rotatable bonds is 9. The number of amides is 2. The third-order valence-corrected chi connectivity index (χ3v) is 11.0. The van der Waals surface area contributed by atoms with Crippen molar-refractivity contribution in [3.8, 4) is 28.0 Å². The van der Waals surface area contributed by atoms with E-state index in [4.69, 9.17) is 14.8 Å². The normalized spacial score (nSPS) is 23.5. The minimum atomic E-state index is -0.581. The molecule has 6 atom stereocenters. The molecule has 4 aromatic heterocycles. The van der Waals surface area contributed by atoms with Crippen LogP contribution in [0.1, 0.15) is 73.1 Å². The molecule has 0 spiro atoms. The maximum absolute atomic E-state index is 12.6. The maximum atomic E-state index is 12.6. The summed E-state index contributed by atoms with van der Waals surface area (Å²) in [6.07, 6.45) is 9.02. The lowest BCUT2D eigenvalue weighted by Crippen LogP contribution is -2.52. The van der Waals surface area contributed by atoms with Gasteiger partial charge in [0, 0.05) is 44.0 Å². The topological polar surface area (TPSA) is 187 Å². The average molecular weight is 727 g/mol. The molecule has 52 heavy (non-hydrogen) atoms. The first-order valence-corrected chi connectivity index (χ1v) is 18.9. The van der Waals surface area contributed by atoms with E-state index in [1.807, 2.05) is 39.0 Å². The average Bonchev–Trinajstić information content (AvgIpc) is 3.80. The molecule has 1 aliphatic heterocycles. The van der Waals surface area contributed by atoms with Crippen LogP contribution < -0.4 is 26.2 Å². The monoisotopic (exact) mass is 726 g/mol. The summed E-state index contributed by atoms with van der Waals surface area (Å²) in [5, 5.41) is 38.2. The highest BCUT2D eigenvalue weighted by molar-refractivity contribution is 7.18. The number of nitrogens with one attached hydrogen (secondary N) is 4. The van der Waals surface area contributed by atoms with Gasteiger partial charge in [-0.3, -0.25) is 9.78 Å². The first-order valence-electron chi connectivity index (χ1n) is 18.1. The summed E-state index contributed by atoms with van der Waals surface area (Å²) < 4.78 is 7.32. The van der Waals surface area contributed by atoms with E-state index in [1.54, 1.807) is 30.8 Å². The Bertz CT molecular complexity index is 1970. The van der Waals surface area contributed by atoms with Crippen LogP contribution in [0, 0.1) is 23.2 Å². The van der Waals surface area contributed by atoms with Gasteiger partial charge in [0.2, 0.25) is 17.0 Å². The largest absolute Gasteiger partial charge is 0.444 e. The van der Waals surface area contributed by atoms with Crippen LogP contribution >= 0.6 is 11.3 Å². The number of piperidine rings is 1. The number of nitriles is 1. The van der Waals surface area contributed by atoms with Crippen LogP contribution in [0.25, 0.3) is 27.5 Å². The number of carbonyl (C=O) groups is 2. The van der Waals surface area contributed by atoms with Gasteiger partial charge in [0.25, 0.3) is 0 Å². The molecule has 16 heteroatoms. The Morgan fingerprint density at radius 3 is 2.48 bits per heavy atom.